The van der Waals surface area contributed by atoms with Gasteiger partial charge in [-0.2, -0.15) is 9.40 Å². The van der Waals surface area contributed by atoms with Crippen LogP contribution in [0.5, 0.6) is 0 Å². The van der Waals surface area contributed by atoms with Crippen LogP contribution in [-0.4, -0.2) is 46.7 Å². The number of nitrogens with zero attached hydrogens (tertiary/aromatic N) is 3. The second-order valence-electron chi connectivity index (χ2n) is 4.36. The van der Waals surface area contributed by atoms with E-state index in [1.165, 1.54) is 4.68 Å². The molecule has 0 fully saturated rings. The van der Waals surface area contributed by atoms with E-state index in [1.54, 1.807) is 27.8 Å². The molecule has 0 radical (unpaired) electrons. The number of sulfonamides is 1. The molecule has 0 aliphatic carbocycles. The molecule has 0 saturated carbocycles. The van der Waals surface area contributed by atoms with Crippen molar-refractivity contribution < 1.29 is 18.3 Å². The van der Waals surface area contributed by atoms with E-state index in [2.05, 4.69) is 5.10 Å². The number of hydrogen-bond donors (Lipinski definition) is 1. The van der Waals surface area contributed by atoms with Crippen LogP contribution < -0.4 is 0 Å². The SMILES string of the molecule is CCCN(CC(=O)O)S(=O)(=O)c1c(C)nn(C)c1C. The lowest BCUT2D eigenvalue weighted by Gasteiger charge is -2.19. The van der Waals surface area contributed by atoms with Crippen molar-refractivity contribution in [3.05, 3.63) is 11.4 Å². The molecule has 108 valence electrons. The predicted octanol–water partition coefficient (Wildman–Crippen LogP) is 0.522. The molecule has 0 aliphatic heterocycles. The van der Waals surface area contributed by atoms with Gasteiger partial charge in [-0.15, -0.1) is 0 Å². The minimum absolute atomic E-state index is 0.102. The van der Waals surface area contributed by atoms with E-state index in [0.717, 1.165) is 4.31 Å². The number of aromatic nitrogens is 2. The van der Waals surface area contributed by atoms with E-state index in [-0.39, 0.29) is 11.4 Å². The molecule has 7 nitrogen and oxygen atoms in total. The van der Waals surface area contributed by atoms with Crippen molar-refractivity contribution in [3.8, 4) is 0 Å². The summed E-state index contributed by atoms with van der Waals surface area (Å²) in [6.45, 7) is 4.68. The number of aryl methyl sites for hydroxylation is 2. The zero-order chi connectivity index (χ0) is 14.8. The molecule has 0 atom stereocenters. The first kappa shape index (κ1) is 15.6. The highest BCUT2D eigenvalue weighted by Gasteiger charge is 2.31. The molecule has 0 aliphatic rings. The molecule has 1 aromatic rings. The van der Waals surface area contributed by atoms with Crippen LogP contribution in [0.3, 0.4) is 0 Å². The molecule has 0 saturated heterocycles. The van der Waals surface area contributed by atoms with Crippen molar-refractivity contribution in [2.45, 2.75) is 32.1 Å². The largest absolute Gasteiger partial charge is 0.480 e. The van der Waals surface area contributed by atoms with Gasteiger partial charge in [0, 0.05) is 13.6 Å². The van der Waals surface area contributed by atoms with Crippen LogP contribution in [0.15, 0.2) is 4.90 Å². The maximum Gasteiger partial charge on any atom is 0.318 e. The van der Waals surface area contributed by atoms with Gasteiger partial charge >= 0.3 is 5.97 Å². The molecular formula is C11H19N3O4S. The summed E-state index contributed by atoms with van der Waals surface area (Å²) >= 11 is 0. The molecule has 1 rings (SSSR count). The number of aliphatic carboxylic acids is 1. The Labute approximate surface area is 112 Å². The lowest BCUT2D eigenvalue weighted by atomic mass is 10.4. The Morgan fingerprint density at radius 1 is 1.42 bits per heavy atom. The van der Waals surface area contributed by atoms with Crippen molar-refractivity contribution >= 4 is 16.0 Å². The summed E-state index contributed by atoms with van der Waals surface area (Å²) in [4.78, 5) is 10.9. The van der Waals surface area contributed by atoms with Gasteiger partial charge in [-0.05, 0) is 20.3 Å². The van der Waals surface area contributed by atoms with Gasteiger partial charge < -0.3 is 5.11 Å². The Morgan fingerprint density at radius 2 is 2.00 bits per heavy atom. The first-order chi connectivity index (χ1) is 8.71. The van der Waals surface area contributed by atoms with Gasteiger partial charge in [0.05, 0.1) is 11.4 Å². The molecule has 0 aromatic carbocycles. The van der Waals surface area contributed by atoms with E-state index >= 15 is 0 Å². The third-order valence-corrected chi connectivity index (χ3v) is 4.92. The highest BCUT2D eigenvalue weighted by molar-refractivity contribution is 7.89. The molecule has 1 aromatic heterocycles. The van der Waals surface area contributed by atoms with E-state index in [9.17, 15) is 13.2 Å². The maximum absolute atomic E-state index is 12.5. The molecule has 0 amide bonds. The highest BCUT2D eigenvalue weighted by Crippen LogP contribution is 2.23. The average Bonchev–Trinajstić information content (AvgIpc) is 2.52. The van der Waals surface area contributed by atoms with Gasteiger partial charge in [0.2, 0.25) is 10.0 Å². The minimum atomic E-state index is -3.83. The van der Waals surface area contributed by atoms with Crippen LogP contribution in [0.25, 0.3) is 0 Å². The van der Waals surface area contributed by atoms with Crippen LogP contribution in [0.2, 0.25) is 0 Å². The van der Waals surface area contributed by atoms with Gasteiger partial charge in [-0.25, -0.2) is 8.42 Å². The third kappa shape index (κ3) is 3.13. The van der Waals surface area contributed by atoms with Gasteiger partial charge in [-0.3, -0.25) is 9.48 Å². The number of carboxylic acids is 1. The molecule has 19 heavy (non-hydrogen) atoms. The number of rotatable bonds is 6. The van der Waals surface area contributed by atoms with Crippen LogP contribution in [0.1, 0.15) is 24.7 Å². The zero-order valence-corrected chi connectivity index (χ0v) is 12.4. The van der Waals surface area contributed by atoms with Gasteiger partial charge in [0.15, 0.2) is 0 Å². The standard InChI is InChI=1S/C11H19N3O4S/c1-5-6-14(7-10(15)16)19(17,18)11-8(2)12-13(4)9(11)3/h5-7H2,1-4H3,(H,15,16). The van der Waals surface area contributed by atoms with Crippen LogP contribution in [0.4, 0.5) is 0 Å². The van der Waals surface area contributed by atoms with Crippen molar-refractivity contribution in [2.24, 2.45) is 7.05 Å². The molecule has 1 heterocycles. The highest BCUT2D eigenvalue weighted by atomic mass is 32.2. The first-order valence-corrected chi connectivity index (χ1v) is 7.38. The van der Waals surface area contributed by atoms with Crippen LogP contribution in [-0.2, 0) is 21.9 Å². The Morgan fingerprint density at radius 3 is 2.37 bits per heavy atom. The fourth-order valence-corrected chi connectivity index (χ4v) is 3.82. The summed E-state index contributed by atoms with van der Waals surface area (Å²) in [6, 6.07) is 0. The van der Waals surface area contributed by atoms with Crippen molar-refractivity contribution in [1.29, 1.82) is 0 Å². The summed E-state index contributed by atoms with van der Waals surface area (Å²) < 4.78 is 27.5. The van der Waals surface area contributed by atoms with Crippen LogP contribution >= 0.6 is 0 Å². The Balaban J connectivity index is 3.30. The van der Waals surface area contributed by atoms with Crippen molar-refractivity contribution in [3.63, 3.8) is 0 Å². The summed E-state index contributed by atoms with van der Waals surface area (Å²) in [5.41, 5.74) is 0.885. The summed E-state index contributed by atoms with van der Waals surface area (Å²) in [7, 11) is -2.17. The molecule has 0 bridgehead atoms. The third-order valence-electron chi connectivity index (χ3n) is 2.83. The summed E-state index contributed by atoms with van der Waals surface area (Å²) in [5.74, 6) is -1.17. The molecular weight excluding hydrogens is 270 g/mol. The topological polar surface area (TPSA) is 92.5 Å². The van der Waals surface area contributed by atoms with Gasteiger partial charge in [0.25, 0.3) is 0 Å². The Bertz CT molecular complexity index is 577. The zero-order valence-electron chi connectivity index (χ0n) is 11.5. The van der Waals surface area contributed by atoms with Crippen molar-refractivity contribution in [2.75, 3.05) is 13.1 Å². The monoisotopic (exact) mass is 289 g/mol. The predicted molar refractivity (Wildman–Crippen MR) is 69.4 cm³/mol. The summed E-state index contributed by atoms with van der Waals surface area (Å²) in [6.07, 6.45) is 0.546. The molecule has 0 unspecified atom stereocenters. The second kappa shape index (κ2) is 5.70. The van der Waals surface area contributed by atoms with E-state index in [4.69, 9.17) is 5.11 Å². The Kier molecular flexibility index (Phi) is 4.70. The Hall–Kier alpha value is -1.41. The number of hydrogen-bond acceptors (Lipinski definition) is 4. The summed E-state index contributed by atoms with van der Waals surface area (Å²) in [5, 5.41) is 12.9. The maximum atomic E-state index is 12.5. The molecule has 1 N–H and O–H groups in total. The fourth-order valence-electron chi connectivity index (χ4n) is 1.94. The van der Waals surface area contributed by atoms with E-state index in [0.29, 0.717) is 17.8 Å². The lowest BCUT2D eigenvalue weighted by Crippen LogP contribution is -2.36. The normalized spacial score (nSPS) is 12.1. The number of carboxylic acid groups (broad SMARTS) is 1. The molecule has 0 spiro atoms. The number of carbonyl (C=O) groups is 1. The molecule has 8 heteroatoms. The lowest BCUT2D eigenvalue weighted by molar-refractivity contribution is -0.137. The van der Waals surface area contributed by atoms with Gasteiger partial charge in [0.1, 0.15) is 11.4 Å². The first-order valence-electron chi connectivity index (χ1n) is 5.94. The fraction of sp³-hybridized carbons (Fsp3) is 0.636. The van der Waals surface area contributed by atoms with E-state index in [1.807, 2.05) is 0 Å². The minimum Gasteiger partial charge on any atom is -0.480 e. The van der Waals surface area contributed by atoms with Crippen molar-refractivity contribution in [1.82, 2.24) is 14.1 Å². The van der Waals surface area contributed by atoms with Gasteiger partial charge in [-0.1, -0.05) is 6.92 Å². The van der Waals surface area contributed by atoms with E-state index < -0.39 is 22.5 Å². The van der Waals surface area contributed by atoms with Crippen LogP contribution in [0, 0.1) is 13.8 Å². The second-order valence-corrected chi connectivity index (χ2v) is 6.23. The quantitative estimate of drug-likeness (QED) is 0.824. The average molecular weight is 289 g/mol. The smallest absolute Gasteiger partial charge is 0.318 e.